The number of ether oxygens (including phenoxy) is 1. The fourth-order valence-corrected chi connectivity index (χ4v) is 3.95. The summed E-state index contributed by atoms with van der Waals surface area (Å²) in [4.78, 5) is 4.49. The summed E-state index contributed by atoms with van der Waals surface area (Å²) in [6, 6.07) is 14.0. The Balaban J connectivity index is 1.51. The summed E-state index contributed by atoms with van der Waals surface area (Å²) in [6.45, 7) is 3.71. The molecule has 0 amide bonds. The number of alkyl halides is 3. The molecule has 1 aromatic heterocycles. The first-order chi connectivity index (χ1) is 17.1. The average molecular weight is 501 g/mol. The fourth-order valence-electron chi connectivity index (χ4n) is 3.95. The van der Waals surface area contributed by atoms with Gasteiger partial charge in [-0.25, -0.2) is 13.2 Å². The lowest BCUT2D eigenvalue weighted by atomic mass is 9.98. The molecule has 3 aromatic carbocycles. The highest BCUT2D eigenvalue weighted by Gasteiger charge is 2.34. The van der Waals surface area contributed by atoms with E-state index in [0.29, 0.717) is 16.3 Å². The smallest absolute Gasteiger partial charge is 0.399 e. The maximum absolute atomic E-state index is 15.2. The van der Waals surface area contributed by atoms with E-state index in [1.807, 2.05) is 24.3 Å². The van der Waals surface area contributed by atoms with Gasteiger partial charge < -0.3 is 4.74 Å². The molecule has 186 valence electrons. The average Bonchev–Trinajstić information content (AvgIpc) is 2.84. The number of aryl methyl sites for hydroxylation is 3. The summed E-state index contributed by atoms with van der Waals surface area (Å²) in [6.07, 6.45) is 0.258. The van der Waals surface area contributed by atoms with E-state index in [2.05, 4.69) is 16.3 Å². The van der Waals surface area contributed by atoms with Crippen LogP contribution >= 0.6 is 0 Å². The second-order valence-electron chi connectivity index (χ2n) is 8.29. The molecule has 2 nitrogen and oxygen atoms in total. The van der Waals surface area contributed by atoms with Gasteiger partial charge in [-0.05, 0) is 72.0 Å². The number of allylic oxidation sites excluding steroid dienone is 1. The molecule has 36 heavy (non-hydrogen) atoms. The van der Waals surface area contributed by atoms with Crippen LogP contribution in [-0.2, 0) is 19.3 Å². The predicted octanol–water partition coefficient (Wildman–Crippen LogP) is 8.12. The largest absolute Gasteiger partial charge is 0.573 e. The molecule has 4 aromatic rings. The van der Waals surface area contributed by atoms with Gasteiger partial charge in [-0.1, -0.05) is 36.4 Å². The normalized spacial score (nSPS) is 11.6. The molecular weight excluding hydrogens is 480 g/mol. The van der Waals surface area contributed by atoms with Gasteiger partial charge in [-0.2, -0.15) is 0 Å². The van der Waals surface area contributed by atoms with Crippen LogP contribution < -0.4 is 4.74 Å². The molecule has 0 atom stereocenters. The molecule has 0 aliphatic carbocycles. The second-order valence-corrected chi connectivity index (χ2v) is 8.29. The lowest BCUT2D eigenvalue weighted by Crippen LogP contribution is -2.19. The Hall–Kier alpha value is -3.81. The summed E-state index contributed by atoms with van der Waals surface area (Å²) in [5.74, 6) is -4.93. The van der Waals surface area contributed by atoms with Crippen LogP contribution in [0.1, 0.15) is 23.1 Å². The van der Waals surface area contributed by atoms with Crippen molar-refractivity contribution in [1.82, 2.24) is 4.98 Å². The van der Waals surface area contributed by atoms with E-state index < -0.39 is 29.6 Å². The van der Waals surface area contributed by atoms with Gasteiger partial charge in [0.05, 0.1) is 5.69 Å². The molecule has 0 aliphatic heterocycles. The van der Waals surface area contributed by atoms with Gasteiger partial charge in [-0.3, -0.25) is 4.98 Å². The van der Waals surface area contributed by atoms with Crippen molar-refractivity contribution in [2.75, 3.05) is 0 Å². The van der Waals surface area contributed by atoms with Crippen molar-refractivity contribution in [2.45, 2.75) is 32.0 Å². The molecule has 4 rings (SSSR count). The van der Waals surface area contributed by atoms with Gasteiger partial charge >= 0.3 is 6.36 Å². The zero-order valence-corrected chi connectivity index (χ0v) is 19.0. The minimum Gasteiger partial charge on any atom is -0.399 e. The lowest BCUT2D eigenvalue weighted by Gasteiger charge is -2.12. The number of hydrogen-bond donors (Lipinski definition) is 0. The predicted molar refractivity (Wildman–Crippen MR) is 126 cm³/mol. The molecule has 0 N–H and O–H groups in total. The van der Waals surface area contributed by atoms with Crippen molar-refractivity contribution < 1.29 is 31.1 Å². The highest BCUT2D eigenvalue weighted by molar-refractivity contribution is 5.88. The third kappa shape index (κ3) is 5.87. The summed E-state index contributed by atoms with van der Waals surface area (Å²) in [5.41, 5.74) is 3.08. The lowest BCUT2D eigenvalue weighted by molar-refractivity contribution is -0.276. The topological polar surface area (TPSA) is 22.1 Å². The first kappa shape index (κ1) is 25.3. The van der Waals surface area contributed by atoms with Crippen LogP contribution in [0.15, 0.2) is 73.4 Å². The number of pyridine rings is 1. The Labute approximate surface area is 203 Å². The van der Waals surface area contributed by atoms with E-state index in [4.69, 9.17) is 0 Å². The van der Waals surface area contributed by atoms with E-state index in [0.717, 1.165) is 41.8 Å². The molecule has 8 heteroatoms. The van der Waals surface area contributed by atoms with Crippen molar-refractivity contribution in [3.8, 4) is 17.0 Å². The molecule has 0 bridgehead atoms. The minimum atomic E-state index is -5.22. The Morgan fingerprint density at radius 2 is 1.58 bits per heavy atom. The van der Waals surface area contributed by atoms with Crippen LogP contribution in [0.25, 0.3) is 22.0 Å². The minimum absolute atomic E-state index is 0.0166. The number of benzene rings is 3. The fraction of sp³-hybridized carbons (Fsp3) is 0.179. The number of rotatable bonds is 8. The van der Waals surface area contributed by atoms with Crippen molar-refractivity contribution in [1.29, 1.82) is 0 Å². The summed E-state index contributed by atoms with van der Waals surface area (Å²) < 4.78 is 83.4. The second kappa shape index (κ2) is 10.4. The van der Waals surface area contributed by atoms with Gasteiger partial charge in [0.15, 0.2) is 11.6 Å². The molecule has 0 radical (unpaired) electrons. The van der Waals surface area contributed by atoms with Crippen molar-refractivity contribution in [2.24, 2.45) is 0 Å². The third-order valence-corrected chi connectivity index (χ3v) is 5.75. The molecule has 0 aliphatic rings. The maximum Gasteiger partial charge on any atom is 0.573 e. The number of nitrogens with zero attached hydrogens (tertiary/aromatic N) is 1. The Morgan fingerprint density at radius 1 is 0.833 bits per heavy atom. The van der Waals surface area contributed by atoms with E-state index in [1.165, 1.54) is 0 Å². The van der Waals surface area contributed by atoms with Crippen LogP contribution in [0.3, 0.4) is 0 Å². The van der Waals surface area contributed by atoms with E-state index >= 15 is 4.39 Å². The number of hydrogen-bond acceptors (Lipinski definition) is 2. The Bertz CT molecular complexity index is 1370. The van der Waals surface area contributed by atoms with E-state index in [9.17, 15) is 22.0 Å². The molecule has 0 saturated carbocycles. The van der Waals surface area contributed by atoms with Gasteiger partial charge in [0.25, 0.3) is 0 Å². The SMILES string of the molecule is C=CCCc1ccc(-c2ccc3c(F)c(CCc4cc(F)c(OC(F)(F)F)c(F)c4)ccc3c2)nc1. The molecule has 0 spiro atoms. The summed E-state index contributed by atoms with van der Waals surface area (Å²) in [5, 5.41) is 1.04. The standard InChI is InChI=1S/C28H21F6NO/c1-2-3-4-17-6-12-25(35-16-17)21-10-11-22-20(15-21)9-8-19(26(22)31)7-5-18-13-23(29)27(24(30)14-18)36-28(32,33)34/h2,6,8-16H,1,3-5,7H2. The van der Waals surface area contributed by atoms with Crippen LogP contribution in [0.5, 0.6) is 5.75 Å². The summed E-state index contributed by atoms with van der Waals surface area (Å²) in [7, 11) is 0. The maximum atomic E-state index is 15.2. The summed E-state index contributed by atoms with van der Waals surface area (Å²) >= 11 is 0. The van der Waals surface area contributed by atoms with Crippen molar-refractivity contribution in [3.05, 3.63) is 108 Å². The van der Waals surface area contributed by atoms with Crippen molar-refractivity contribution >= 4 is 10.8 Å². The van der Waals surface area contributed by atoms with E-state index in [-0.39, 0.29) is 18.4 Å². The van der Waals surface area contributed by atoms with Crippen LogP contribution in [0, 0.1) is 17.5 Å². The third-order valence-electron chi connectivity index (χ3n) is 5.75. The monoisotopic (exact) mass is 501 g/mol. The zero-order valence-electron chi connectivity index (χ0n) is 19.0. The number of aromatic nitrogens is 1. The zero-order chi connectivity index (χ0) is 25.9. The highest BCUT2D eigenvalue weighted by atomic mass is 19.4. The number of halogens is 6. The van der Waals surface area contributed by atoms with Gasteiger partial charge in [-0.15, -0.1) is 19.8 Å². The molecule has 0 unspecified atom stereocenters. The van der Waals surface area contributed by atoms with Crippen LogP contribution in [0.4, 0.5) is 26.3 Å². The van der Waals surface area contributed by atoms with E-state index in [1.54, 1.807) is 30.5 Å². The van der Waals surface area contributed by atoms with Gasteiger partial charge in [0, 0.05) is 17.1 Å². The van der Waals surface area contributed by atoms with Crippen LogP contribution in [-0.4, -0.2) is 11.3 Å². The van der Waals surface area contributed by atoms with Gasteiger partial charge in [0.2, 0.25) is 5.75 Å². The highest BCUT2D eigenvalue weighted by Crippen LogP contribution is 2.31. The van der Waals surface area contributed by atoms with Crippen LogP contribution in [0.2, 0.25) is 0 Å². The van der Waals surface area contributed by atoms with Crippen molar-refractivity contribution in [3.63, 3.8) is 0 Å². The van der Waals surface area contributed by atoms with Gasteiger partial charge in [0.1, 0.15) is 5.82 Å². The first-order valence-corrected chi connectivity index (χ1v) is 11.2. The molecule has 1 heterocycles. The number of fused-ring (bicyclic) bond motifs is 1. The quantitative estimate of drug-likeness (QED) is 0.180. The molecule has 0 saturated heterocycles. The first-order valence-electron chi connectivity index (χ1n) is 11.2. The molecular formula is C28H21F6NO. The molecule has 0 fully saturated rings. The Morgan fingerprint density at radius 3 is 2.22 bits per heavy atom. The Kier molecular flexibility index (Phi) is 7.33.